The minimum absolute atomic E-state index is 0.400. The summed E-state index contributed by atoms with van der Waals surface area (Å²) in [6, 6.07) is 3.43. The van der Waals surface area contributed by atoms with Gasteiger partial charge in [-0.25, -0.2) is 4.98 Å². The molecule has 0 aliphatic carbocycles. The molecule has 2 atom stereocenters. The Kier molecular flexibility index (Phi) is 2.88. The van der Waals surface area contributed by atoms with Crippen LogP contribution in [-0.4, -0.2) is 20.5 Å². The number of nitrogens with zero attached hydrogens (tertiary/aromatic N) is 2. The van der Waals surface area contributed by atoms with E-state index < -0.39 is 12.1 Å². The third-order valence-corrected chi connectivity index (χ3v) is 2.97. The van der Waals surface area contributed by atoms with E-state index in [2.05, 4.69) is 4.98 Å². The molecule has 0 saturated heterocycles. The van der Waals surface area contributed by atoms with Gasteiger partial charge >= 0.3 is 0 Å². The fraction of sp³-hybridized carbons (Fsp3) is 0.364. The van der Waals surface area contributed by atoms with Crippen molar-refractivity contribution in [3.8, 4) is 0 Å². The third kappa shape index (κ3) is 1.69. The molecule has 0 aliphatic rings. The number of hydrogen-bond donors (Lipinski definition) is 2. The largest absolute Gasteiger partial charge is 0.385 e. The van der Waals surface area contributed by atoms with E-state index in [4.69, 9.17) is 17.3 Å². The summed E-state index contributed by atoms with van der Waals surface area (Å²) in [6.07, 6.45) is 0.974. The van der Waals surface area contributed by atoms with Gasteiger partial charge in [0.15, 0.2) is 0 Å². The van der Waals surface area contributed by atoms with E-state index in [1.807, 2.05) is 25.3 Å². The molecular formula is C11H14ClN3O. The minimum Gasteiger partial charge on any atom is -0.385 e. The van der Waals surface area contributed by atoms with Crippen LogP contribution in [0, 0.1) is 6.92 Å². The van der Waals surface area contributed by atoms with Gasteiger partial charge in [0.25, 0.3) is 0 Å². The highest BCUT2D eigenvalue weighted by Crippen LogP contribution is 2.26. The fourth-order valence-electron chi connectivity index (χ4n) is 1.63. The van der Waals surface area contributed by atoms with Gasteiger partial charge in [0, 0.05) is 12.2 Å². The van der Waals surface area contributed by atoms with Crippen LogP contribution in [-0.2, 0) is 0 Å². The minimum atomic E-state index is -0.841. The Morgan fingerprint density at radius 2 is 2.25 bits per heavy atom. The molecule has 0 aromatic carbocycles. The molecule has 2 aromatic rings. The monoisotopic (exact) mass is 239 g/mol. The first-order valence-electron chi connectivity index (χ1n) is 5.09. The first-order chi connectivity index (χ1) is 7.52. The molecular weight excluding hydrogens is 226 g/mol. The number of pyridine rings is 1. The summed E-state index contributed by atoms with van der Waals surface area (Å²) in [7, 11) is 0. The highest BCUT2D eigenvalue weighted by Gasteiger charge is 2.21. The average Bonchev–Trinajstić information content (AvgIpc) is 2.57. The zero-order chi connectivity index (χ0) is 11.9. The van der Waals surface area contributed by atoms with Gasteiger partial charge in [-0.2, -0.15) is 0 Å². The van der Waals surface area contributed by atoms with E-state index in [9.17, 15) is 5.11 Å². The summed E-state index contributed by atoms with van der Waals surface area (Å²) < 4.78 is 1.75. The van der Waals surface area contributed by atoms with Gasteiger partial charge in [0.1, 0.15) is 22.6 Å². The van der Waals surface area contributed by atoms with Gasteiger partial charge in [-0.3, -0.25) is 4.40 Å². The molecule has 4 nitrogen and oxygen atoms in total. The summed E-state index contributed by atoms with van der Waals surface area (Å²) in [5.41, 5.74) is 7.83. The van der Waals surface area contributed by atoms with E-state index in [-0.39, 0.29) is 0 Å². The maximum atomic E-state index is 9.89. The number of rotatable bonds is 2. The van der Waals surface area contributed by atoms with Crippen LogP contribution >= 0.6 is 11.6 Å². The van der Waals surface area contributed by atoms with Crippen LogP contribution in [0.3, 0.4) is 0 Å². The number of aryl methyl sites for hydroxylation is 1. The lowest BCUT2D eigenvalue weighted by molar-refractivity contribution is 0.149. The van der Waals surface area contributed by atoms with Gasteiger partial charge < -0.3 is 10.8 Å². The van der Waals surface area contributed by atoms with E-state index >= 15 is 0 Å². The van der Waals surface area contributed by atoms with Crippen LogP contribution in [0.25, 0.3) is 5.65 Å². The van der Waals surface area contributed by atoms with Crippen molar-refractivity contribution < 1.29 is 5.11 Å². The van der Waals surface area contributed by atoms with Gasteiger partial charge in [-0.05, 0) is 25.5 Å². The number of imidazole rings is 1. The maximum Gasteiger partial charge on any atom is 0.141 e. The number of hydrogen-bond acceptors (Lipinski definition) is 3. The average molecular weight is 240 g/mol. The molecule has 0 bridgehead atoms. The first kappa shape index (κ1) is 11.4. The van der Waals surface area contributed by atoms with Crippen LogP contribution in [0.15, 0.2) is 18.3 Å². The quantitative estimate of drug-likeness (QED) is 0.838. The second-order valence-electron chi connectivity index (χ2n) is 3.98. The Balaban J connectivity index is 2.65. The maximum absolute atomic E-state index is 9.89. The standard InChI is InChI=1S/C11H14ClN3O/c1-6-4-3-5-15-10(12)8(14-11(6)15)9(16)7(2)13/h3-5,7,9,16H,13H2,1-2H3. The molecule has 2 rings (SSSR count). The molecule has 0 radical (unpaired) electrons. The molecule has 2 aromatic heterocycles. The smallest absolute Gasteiger partial charge is 0.141 e. The van der Waals surface area contributed by atoms with E-state index in [1.54, 1.807) is 11.3 Å². The van der Waals surface area contributed by atoms with Crippen LogP contribution in [0.5, 0.6) is 0 Å². The molecule has 5 heteroatoms. The first-order valence-corrected chi connectivity index (χ1v) is 5.47. The van der Waals surface area contributed by atoms with Gasteiger partial charge in [-0.1, -0.05) is 17.7 Å². The summed E-state index contributed by atoms with van der Waals surface area (Å²) in [6.45, 7) is 3.67. The molecule has 16 heavy (non-hydrogen) atoms. The summed E-state index contributed by atoms with van der Waals surface area (Å²) in [5, 5.41) is 10.3. The van der Waals surface area contributed by atoms with Crippen molar-refractivity contribution in [2.75, 3.05) is 0 Å². The Morgan fingerprint density at radius 3 is 2.81 bits per heavy atom. The highest BCUT2D eigenvalue weighted by atomic mass is 35.5. The second-order valence-corrected chi connectivity index (χ2v) is 4.33. The Hall–Kier alpha value is -1.10. The number of aliphatic hydroxyl groups excluding tert-OH is 1. The van der Waals surface area contributed by atoms with E-state index in [0.29, 0.717) is 10.8 Å². The molecule has 3 N–H and O–H groups in total. The Bertz CT molecular complexity index is 521. The number of fused-ring (bicyclic) bond motifs is 1. The molecule has 0 spiro atoms. The summed E-state index contributed by atoms with van der Waals surface area (Å²) in [5.74, 6) is 0. The van der Waals surface area contributed by atoms with Crippen molar-refractivity contribution in [2.45, 2.75) is 26.0 Å². The predicted molar refractivity (Wildman–Crippen MR) is 63.5 cm³/mol. The number of nitrogens with two attached hydrogens (primary N) is 1. The van der Waals surface area contributed by atoms with Crippen LogP contribution in [0.2, 0.25) is 5.15 Å². The fourth-order valence-corrected chi connectivity index (χ4v) is 1.92. The van der Waals surface area contributed by atoms with Crippen LogP contribution < -0.4 is 5.73 Å². The highest BCUT2D eigenvalue weighted by molar-refractivity contribution is 6.30. The molecule has 86 valence electrons. The number of aliphatic hydroxyl groups is 1. The van der Waals surface area contributed by atoms with Gasteiger partial charge in [-0.15, -0.1) is 0 Å². The van der Waals surface area contributed by atoms with Crippen LogP contribution in [0.4, 0.5) is 0 Å². The topological polar surface area (TPSA) is 63.5 Å². The lowest BCUT2D eigenvalue weighted by Crippen LogP contribution is -2.24. The number of halogens is 1. The molecule has 0 aliphatic heterocycles. The molecule has 2 heterocycles. The van der Waals surface area contributed by atoms with Crippen molar-refractivity contribution in [1.29, 1.82) is 0 Å². The predicted octanol–water partition coefficient (Wildman–Crippen LogP) is 1.68. The SMILES string of the molecule is Cc1cccn2c(Cl)c(C(O)C(C)N)nc12. The molecule has 0 amide bonds. The van der Waals surface area contributed by atoms with Gasteiger partial charge in [0.05, 0.1) is 0 Å². The van der Waals surface area contributed by atoms with Crippen molar-refractivity contribution >= 4 is 17.2 Å². The third-order valence-electron chi connectivity index (χ3n) is 2.59. The Labute approximate surface area is 98.7 Å². The lowest BCUT2D eigenvalue weighted by atomic mass is 10.1. The van der Waals surface area contributed by atoms with Crippen molar-refractivity contribution in [3.63, 3.8) is 0 Å². The van der Waals surface area contributed by atoms with Crippen molar-refractivity contribution in [1.82, 2.24) is 9.38 Å². The van der Waals surface area contributed by atoms with E-state index in [0.717, 1.165) is 11.2 Å². The van der Waals surface area contributed by atoms with Crippen molar-refractivity contribution in [3.05, 3.63) is 34.7 Å². The zero-order valence-corrected chi connectivity index (χ0v) is 9.94. The van der Waals surface area contributed by atoms with Gasteiger partial charge in [0.2, 0.25) is 0 Å². The summed E-state index contributed by atoms with van der Waals surface area (Å²) >= 11 is 6.15. The zero-order valence-electron chi connectivity index (χ0n) is 9.18. The van der Waals surface area contributed by atoms with Crippen molar-refractivity contribution in [2.24, 2.45) is 5.73 Å². The molecule has 0 fully saturated rings. The summed E-state index contributed by atoms with van der Waals surface area (Å²) in [4.78, 5) is 4.33. The normalized spacial score (nSPS) is 15.3. The Morgan fingerprint density at radius 1 is 1.56 bits per heavy atom. The molecule has 2 unspecified atom stereocenters. The second kappa shape index (κ2) is 4.05. The number of aromatic nitrogens is 2. The molecule has 0 saturated carbocycles. The van der Waals surface area contributed by atoms with Crippen LogP contribution in [0.1, 0.15) is 24.3 Å². The van der Waals surface area contributed by atoms with E-state index in [1.165, 1.54) is 0 Å². The lowest BCUT2D eigenvalue weighted by Gasteiger charge is -2.11.